The highest BCUT2D eigenvalue weighted by molar-refractivity contribution is 9.10. The van der Waals surface area contributed by atoms with E-state index in [-0.39, 0.29) is 17.7 Å². The van der Waals surface area contributed by atoms with Crippen molar-refractivity contribution in [1.82, 2.24) is 0 Å². The molecule has 1 aromatic rings. The number of benzene rings is 1. The summed E-state index contributed by atoms with van der Waals surface area (Å²) in [6.07, 6.45) is 0.310. The van der Waals surface area contributed by atoms with Crippen molar-refractivity contribution in [2.24, 2.45) is 5.92 Å². The van der Waals surface area contributed by atoms with E-state index in [1.54, 1.807) is 6.92 Å². The summed E-state index contributed by atoms with van der Waals surface area (Å²) >= 11 is 3.35. The van der Waals surface area contributed by atoms with Crippen LogP contribution in [0.1, 0.15) is 18.9 Å². The maximum Gasteiger partial charge on any atom is 0.237 e. The van der Waals surface area contributed by atoms with Gasteiger partial charge in [-0.25, -0.2) is 0 Å². The second kappa shape index (κ2) is 4.01. The average Bonchev–Trinajstić information content (AvgIpc) is 2.46. The van der Waals surface area contributed by atoms with Gasteiger partial charge in [-0.3, -0.25) is 14.5 Å². The van der Waals surface area contributed by atoms with Crippen LogP contribution in [-0.4, -0.2) is 11.8 Å². The van der Waals surface area contributed by atoms with Crippen LogP contribution in [0, 0.1) is 12.8 Å². The van der Waals surface area contributed by atoms with Crippen LogP contribution in [0.5, 0.6) is 0 Å². The van der Waals surface area contributed by atoms with E-state index in [2.05, 4.69) is 15.9 Å². The molecule has 1 saturated heterocycles. The fourth-order valence-electron chi connectivity index (χ4n) is 1.86. The zero-order chi connectivity index (χ0) is 11.9. The van der Waals surface area contributed by atoms with Gasteiger partial charge in [0.15, 0.2) is 0 Å². The second-order valence-electron chi connectivity index (χ2n) is 4.10. The molecule has 3 nitrogen and oxygen atoms in total. The van der Waals surface area contributed by atoms with Crippen molar-refractivity contribution in [1.29, 1.82) is 0 Å². The highest BCUT2D eigenvalue weighted by atomic mass is 79.9. The standard InChI is InChI=1S/C12H12BrNO2/c1-7-3-4-9(13)6-10(7)14-11(15)5-8(2)12(14)16/h3-4,6,8H,5H2,1-2H3. The molecule has 1 aliphatic rings. The fourth-order valence-corrected chi connectivity index (χ4v) is 2.21. The molecule has 84 valence electrons. The van der Waals surface area contributed by atoms with Crippen LogP contribution in [0.2, 0.25) is 0 Å². The van der Waals surface area contributed by atoms with Crippen molar-refractivity contribution in [3.63, 3.8) is 0 Å². The third-order valence-corrected chi connectivity index (χ3v) is 3.28. The predicted molar refractivity (Wildman–Crippen MR) is 65.2 cm³/mol. The molecular formula is C12H12BrNO2. The van der Waals surface area contributed by atoms with Crippen LogP contribution in [0.15, 0.2) is 22.7 Å². The molecule has 1 unspecified atom stereocenters. The van der Waals surface area contributed by atoms with Gasteiger partial charge < -0.3 is 0 Å². The first-order chi connectivity index (χ1) is 7.50. The minimum absolute atomic E-state index is 0.105. The lowest BCUT2D eigenvalue weighted by Gasteiger charge is -2.17. The number of rotatable bonds is 1. The number of amides is 2. The molecular weight excluding hydrogens is 270 g/mol. The number of hydrogen-bond donors (Lipinski definition) is 0. The Morgan fingerprint density at radius 3 is 2.62 bits per heavy atom. The highest BCUT2D eigenvalue weighted by Gasteiger charge is 2.37. The van der Waals surface area contributed by atoms with Crippen molar-refractivity contribution in [2.45, 2.75) is 20.3 Å². The van der Waals surface area contributed by atoms with Gasteiger partial charge in [-0.15, -0.1) is 0 Å². The Hall–Kier alpha value is -1.16. The van der Waals surface area contributed by atoms with Gasteiger partial charge in [0.25, 0.3) is 0 Å². The van der Waals surface area contributed by atoms with Crippen molar-refractivity contribution in [2.75, 3.05) is 4.90 Å². The fraction of sp³-hybridized carbons (Fsp3) is 0.333. The molecule has 0 N–H and O–H groups in total. The summed E-state index contributed by atoms with van der Waals surface area (Å²) in [6.45, 7) is 3.68. The van der Waals surface area contributed by atoms with Crippen molar-refractivity contribution in [3.05, 3.63) is 28.2 Å². The summed E-state index contributed by atoms with van der Waals surface area (Å²) in [6, 6.07) is 5.60. The lowest BCUT2D eigenvalue weighted by atomic mass is 10.1. The molecule has 1 atom stereocenters. The van der Waals surface area contributed by atoms with E-state index >= 15 is 0 Å². The van der Waals surface area contributed by atoms with Crippen LogP contribution in [0.3, 0.4) is 0 Å². The Morgan fingerprint density at radius 2 is 2.06 bits per heavy atom. The van der Waals surface area contributed by atoms with Crippen LogP contribution in [-0.2, 0) is 9.59 Å². The number of nitrogens with zero attached hydrogens (tertiary/aromatic N) is 1. The maximum atomic E-state index is 11.9. The first kappa shape index (κ1) is 11.3. The first-order valence-electron chi connectivity index (χ1n) is 5.13. The zero-order valence-corrected chi connectivity index (χ0v) is 10.7. The minimum Gasteiger partial charge on any atom is -0.274 e. The largest absolute Gasteiger partial charge is 0.274 e. The molecule has 0 bridgehead atoms. The third-order valence-electron chi connectivity index (χ3n) is 2.78. The molecule has 0 aliphatic carbocycles. The van der Waals surface area contributed by atoms with Crippen LogP contribution in [0.25, 0.3) is 0 Å². The average molecular weight is 282 g/mol. The Kier molecular flexibility index (Phi) is 2.84. The number of halogens is 1. The molecule has 1 aromatic carbocycles. The molecule has 2 amide bonds. The number of anilines is 1. The Morgan fingerprint density at radius 1 is 1.38 bits per heavy atom. The van der Waals surface area contributed by atoms with Crippen LogP contribution in [0.4, 0.5) is 5.69 Å². The van der Waals surface area contributed by atoms with E-state index < -0.39 is 0 Å². The van der Waals surface area contributed by atoms with E-state index in [4.69, 9.17) is 0 Å². The Bertz CT molecular complexity index is 470. The molecule has 0 spiro atoms. The summed E-state index contributed by atoms with van der Waals surface area (Å²) < 4.78 is 0.869. The molecule has 1 fully saturated rings. The zero-order valence-electron chi connectivity index (χ0n) is 9.16. The van der Waals surface area contributed by atoms with E-state index in [0.29, 0.717) is 12.1 Å². The van der Waals surface area contributed by atoms with Gasteiger partial charge in [-0.1, -0.05) is 28.9 Å². The lowest BCUT2D eigenvalue weighted by molar-refractivity contribution is -0.122. The predicted octanol–water partition coefficient (Wildman–Crippen LogP) is 2.66. The minimum atomic E-state index is -0.203. The normalized spacial score (nSPS) is 20.7. The van der Waals surface area contributed by atoms with Crippen LogP contribution < -0.4 is 4.90 Å². The van der Waals surface area contributed by atoms with Crippen LogP contribution >= 0.6 is 15.9 Å². The highest BCUT2D eigenvalue weighted by Crippen LogP contribution is 2.30. The Labute approximate surface area is 103 Å². The van der Waals surface area contributed by atoms with Crippen molar-refractivity contribution < 1.29 is 9.59 Å². The number of aryl methyl sites for hydroxylation is 1. The van der Waals surface area contributed by atoms with Gasteiger partial charge in [-0.05, 0) is 24.6 Å². The molecule has 1 aliphatic heterocycles. The number of imide groups is 1. The molecule has 4 heteroatoms. The van der Waals surface area contributed by atoms with E-state index in [0.717, 1.165) is 10.0 Å². The quantitative estimate of drug-likeness (QED) is 0.743. The van der Waals surface area contributed by atoms with Gasteiger partial charge in [0.2, 0.25) is 11.8 Å². The molecule has 2 rings (SSSR count). The topological polar surface area (TPSA) is 37.4 Å². The smallest absolute Gasteiger partial charge is 0.237 e. The summed E-state index contributed by atoms with van der Waals surface area (Å²) in [5.74, 6) is -0.421. The summed E-state index contributed by atoms with van der Waals surface area (Å²) in [7, 11) is 0. The number of carbonyl (C=O) groups excluding carboxylic acids is 2. The Balaban J connectivity index is 2.48. The summed E-state index contributed by atoms with van der Waals surface area (Å²) in [5.41, 5.74) is 1.62. The van der Waals surface area contributed by atoms with Gasteiger partial charge >= 0.3 is 0 Å². The molecule has 0 saturated carbocycles. The molecule has 16 heavy (non-hydrogen) atoms. The third kappa shape index (κ3) is 1.78. The SMILES string of the molecule is Cc1ccc(Br)cc1N1C(=O)CC(C)C1=O. The molecule has 0 aromatic heterocycles. The number of hydrogen-bond acceptors (Lipinski definition) is 2. The summed E-state index contributed by atoms with van der Waals surface area (Å²) in [5, 5.41) is 0. The van der Waals surface area contributed by atoms with Crippen molar-refractivity contribution >= 4 is 33.4 Å². The summed E-state index contributed by atoms with van der Waals surface area (Å²) in [4.78, 5) is 24.9. The first-order valence-corrected chi connectivity index (χ1v) is 5.93. The maximum absolute atomic E-state index is 11.9. The van der Waals surface area contributed by atoms with E-state index in [9.17, 15) is 9.59 Å². The van der Waals surface area contributed by atoms with Crippen molar-refractivity contribution in [3.8, 4) is 0 Å². The van der Waals surface area contributed by atoms with Gasteiger partial charge in [-0.2, -0.15) is 0 Å². The second-order valence-corrected chi connectivity index (χ2v) is 5.02. The number of carbonyl (C=O) groups is 2. The van der Waals surface area contributed by atoms with E-state index in [1.165, 1.54) is 4.90 Å². The molecule has 0 radical (unpaired) electrons. The monoisotopic (exact) mass is 281 g/mol. The lowest BCUT2D eigenvalue weighted by Crippen LogP contribution is -2.30. The van der Waals surface area contributed by atoms with E-state index in [1.807, 2.05) is 25.1 Å². The van der Waals surface area contributed by atoms with Gasteiger partial charge in [0.1, 0.15) is 0 Å². The van der Waals surface area contributed by atoms with Gasteiger partial charge in [0.05, 0.1) is 5.69 Å². The van der Waals surface area contributed by atoms with Gasteiger partial charge in [0, 0.05) is 16.8 Å². The molecule has 1 heterocycles.